The van der Waals surface area contributed by atoms with Gasteiger partial charge in [-0.25, -0.2) is 0 Å². The Bertz CT molecular complexity index is 377. The lowest BCUT2D eigenvalue weighted by Gasteiger charge is -2.24. The van der Waals surface area contributed by atoms with E-state index in [1.54, 1.807) is 0 Å². The van der Waals surface area contributed by atoms with Crippen LogP contribution in [-0.4, -0.2) is 18.5 Å². The number of halogens is 1. The second-order valence-corrected chi connectivity index (χ2v) is 5.57. The third kappa shape index (κ3) is 6.60. The smallest absolute Gasteiger partial charge is 0.225 e. The van der Waals surface area contributed by atoms with Gasteiger partial charge < -0.3 is 11.1 Å². The average molecular weight is 285 g/mol. The predicted octanol–water partition coefficient (Wildman–Crippen LogP) is 2.53. The highest BCUT2D eigenvalue weighted by Crippen LogP contribution is 2.21. The summed E-state index contributed by atoms with van der Waals surface area (Å²) in [5.41, 5.74) is 6.46. The minimum absolute atomic E-state index is 0. The largest absolute Gasteiger partial charge is 0.356 e. The highest BCUT2D eigenvalue weighted by atomic mass is 35.5. The Morgan fingerprint density at radius 1 is 1.32 bits per heavy atom. The molecule has 0 radical (unpaired) electrons. The van der Waals surface area contributed by atoms with Gasteiger partial charge in [0.15, 0.2) is 0 Å². The van der Waals surface area contributed by atoms with Crippen LogP contribution in [0.3, 0.4) is 0 Å². The molecule has 0 aliphatic rings. The molecule has 0 fully saturated rings. The van der Waals surface area contributed by atoms with Gasteiger partial charge in [0.2, 0.25) is 5.91 Å². The normalized spacial score (nSPS) is 12.4. The number of hydrogen-bond acceptors (Lipinski definition) is 2. The van der Waals surface area contributed by atoms with E-state index in [1.165, 1.54) is 5.56 Å². The summed E-state index contributed by atoms with van der Waals surface area (Å²) in [6, 6.07) is 10.2. The molecule has 0 aliphatic heterocycles. The fourth-order valence-corrected chi connectivity index (χ4v) is 1.84. The number of rotatable bonds is 6. The van der Waals surface area contributed by atoms with E-state index in [0.717, 1.165) is 12.8 Å². The first-order valence-electron chi connectivity index (χ1n) is 6.49. The molecule has 19 heavy (non-hydrogen) atoms. The summed E-state index contributed by atoms with van der Waals surface area (Å²) in [6.45, 7) is 6.54. The van der Waals surface area contributed by atoms with E-state index < -0.39 is 0 Å². The minimum Gasteiger partial charge on any atom is -0.356 e. The molecule has 1 aromatic carbocycles. The van der Waals surface area contributed by atoms with Crippen LogP contribution >= 0.6 is 12.4 Å². The maximum Gasteiger partial charge on any atom is 0.225 e. The standard InChI is InChI=1S/C15H24N2O.ClH/c1-12(16)9-10-17-14(18)15(2,3)11-13-7-5-4-6-8-13;/h4-8,12H,9-11,16H2,1-3H3,(H,17,18);1H. The number of benzene rings is 1. The lowest BCUT2D eigenvalue weighted by Crippen LogP contribution is -2.39. The molecule has 3 N–H and O–H groups in total. The quantitative estimate of drug-likeness (QED) is 0.843. The van der Waals surface area contributed by atoms with Crippen molar-refractivity contribution in [3.63, 3.8) is 0 Å². The van der Waals surface area contributed by atoms with E-state index in [2.05, 4.69) is 17.4 Å². The summed E-state index contributed by atoms with van der Waals surface area (Å²) >= 11 is 0. The minimum atomic E-state index is -0.390. The molecule has 0 saturated carbocycles. The van der Waals surface area contributed by atoms with Crippen molar-refractivity contribution in [3.05, 3.63) is 35.9 Å². The van der Waals surface area contributed by atoms with Crippen LogP contribution in [0.1, 0.15) is 32.8 Å². The van der Waals surface area contributed by atoms with Crippen LogP contribution in [0.15, 0.2) is 30.3 Å². The van der Waals surface area contributed by atoms with Crippen molar-refractivity contribution >= 4 is 18.3 Å². The number of nitrogens with two attached hydrogens (primary N) is 1. The maximum atomic E-state index is 12.1. The van der Waals surface area contributed by atoms with Crippen LogP contribution in [0.5, 0.6) is 0 Å². The third-order valence-electron chi connectivity index (χ3n) is 2.99. The fraction of sp³-hybridized carbons (Fsp3) is 0.533. The van der Waals surface area contributed by atoms with E-state index in [-0.39, 0.29) is 29.8 Å². The Labute approximate surface area is 122 Å². The number of amides is 1. The molecular weight excluding hydrogens is 260 g/mol. The van der Waals surface area contributed by atoms with Crippen molar-refractivity contribution < 1.29 is 4.79 Å². The van der Waals surface area contributed by atoms with Crippen molar-refractivity contribution in [2.45, 2.75) is 39.7 Å². The first-order valence-corrected chi connectivity index (χ1v) is 6.49. The van der Waals surface area contributed by atoms with Gasteiger partial charge in [-0.05, 0) is 25.3 Å². The first-order chi connectivity index (χ1) is 8.42. The molecule has 1 aromatic rings. The Kier molecular flexibility index (Phi) is 7.72. The summed E-state index contributed by atoms with van der Waals surface area (Å²) in [5, 5.41) is 2.96. The van der Waals surface area contributed by atoms with Crippen LogP contribution in [0, 0.1) is 5.41 Å². The van der Waals surface area contributed by atoms with Crippen LogP contribution in [-0.2, 0) is 11.2 Å². The molecule has 0 aromatic heterocycles. The zero-order valence-electron chi connectivity index (χ0n) is 12.0. The fourth-order valence-electron chi connectivity index (χ4n) is 1.84. The average Bonchev–Trinajstić information content (AvgIpc) is 2.29. The molecule has 4 heteroatoms. The molecule has 0 saturated heterocycles. The summed E-state index contributed by atoms with van der Waals surface area (Å²) in [6.07, 6.45) is 1.56. The number of hydrogen-bond donors (Lipinski definition) is 2. The SMILES string of the molecule is CC(N)CCNC(=O)C(C)(C)Cc1ccccc1.Cl. The molecule has 0 bridgehead atoms. The van der Waals surface area contributed by atoms with Gasteiger partial charge in [0.25, 0.3) is 0 Å². The number of nitrogens with one attached hydrogen (secondary N) is 1. The van der Waals surface area contributed by atoms with Crippen LogP contribution in [0.25, 0.3) is 0 Å². The predicted molar refractivity (Wildman–Crippen MR) is 82.5 cm³/mol. The Morgan fingerprint density at radius 2 is 1.89 bits per heavy atom. The van der Waals surface area contributed by atoms with E-state index in [1.807, 2.05) is 39.0 Å². The molecule has 0 heterocycles. The molecular formula is C15H25ClN2O. The highest BCUT2D eigenvalue weighted by Gasteiger charge is 2.27. The Balaban J connectivity index is 0.00000324. The van der Waals surface area contributed by atoms with Crippen molar-refractivity contribution in [2.75, 3.05) is 6.54 Å². The Morgan fingerprint density at radius 3 is 2.42 bits per heavy atom. The number of carbonyl (C=O) groups excluding carboxylic acids is 1. The van der Waals surface area contributed by atoms with Gasteiger partial charge in [-0.2, -0.15) is 0 Å². The van der Waals surface area contributed by atoms with Gasteiger partial charge in [-0.1, -0.05) is 44.2 Å². The molecule has 1 rings (SSSR count). The second kappa shape index (κ2) is 8.18. The van der Waals surface area contributed by atoms with Gasteiger partial charge in [0, 0.05) is 18.0 Å². The second-order valence-electron chi connectivity index (χ2n) is 5.57. The molecule has 0 spiro atoms. The molecule has 3 nitrogen and oxygen atoms in total. The van der Waals surface area contributed by atoms with Crippen molar-refractivity contribution in [1.82, 2.24) is 5.32 Å². The van der Waals surface area contributed by atoms with Gasteiger partial charge in [0.1, 0.15) is 0 Å². The molecule has 108 valence electrons. The van der Waals surface area contributed by atoms with E-state index in [9.17, 15) is 4.79 Å². The third-order valence-corrected chi connectivity index (χ3v) is 2.99. The number of carbonyl (C=O) groups is 1. The van der Waals surface area contributed by atoms with Gasteiger partial charge >= 0.3 is 0 Å². The summed E-state index contributed by atoms with van der Waals surface area (Å²) in [5.74, 6) is 0.0898. The van der Waals surface area contributed by atoms with Crippen LogP contribution < -0.4 is 11.1 Å². The first kappa shape index (κ1) is 17.9. The zero-order chi connectivity index (χ0) is 13.6. The molecule has 1 atom stereocenters. The van der Waals surface area contributed by atoms with Crippen molar-refractivity contribution in [3.8, 4) is 0 Å². The molecule has 1 amide bonds. The zero-order valence-corrected chi connectivity index (χ0v) is 12.8. The van der Waals surface area contributed by atoms with Gasteiger partial charge in [-0.15, -0.1) is 12.4 Å². The van der Waals surface area contributed by atoms with Crippen LogP contribution in [0.4, 0.5) is 0 Å². The van der Waals surface area contributed by atoms with Gasteiger partial charge in [0.05, 0.1) is 0 Å². The van der Waals surface area contributed by atoms with Crippen LogP contribution in [0.2, 0.25) is 0 Å². The van der Waals surface area contributed by atoms with Crippen molar-refractivity contribution in [2.24, 2.45) is 11.1 Å². The summed E-state index contributed by atoms with van der Waals surface area (Å²) in [7, 11) is 0. The van der Waals surface area contributed by atoms with Gasteiger partial charge in [-0.3, -0.25) is 4.79 Å². The van der Waals surface area contributed by atoms with E-state index in [0.29, 0.717) is 6.54 Å². The van der Waals surface area contributed by atoms with E-state index >= 15 is 0 Å². The topological polar surface area (TPSA) is 55.1 Å². The maximum absolute atomic E-state index is 12.1. The lowest BCUT2D eigenvalue weighted by atomic mass is 9.85. The summed E-state index contributed by atoms with van der Waals surface area (Å²) in [4.78, 5) is 12.1. The van der Waals surface area contributed by atoms with E-state index in [4.69, 9.17) is 5.73 Å². The van der Waals surface area contributed by atoms with Crippen molar-refractivity contribution in [1.29, 1.82) is 0 Å². The lowest BCUT2D eigenvalue weighted by molar-refractivity contribution is -0.129. The highest BCUT2D eigenvalue weighted by molar-refractivity contribution is 5.85. The Hall–Kier alpha value is -1.06. The monoisotopic (exact) mass is 284 g/mol. The molecule has 1 unspecified atom stereocenters. The summed E-state index contributed by atoms with van der Waals surface area (Å²) < 4.78 is 0. The molecule has 0 aliphatic carbocycles.